The van der Waals surface area contributed by atoms with Gasteiger partial charge in [0.15, 0.2) is 10.6 Å². The number of nitrogens with one attached hydrogen (secondary N) is 1. The topological polar surface area (TPSA) is 83.3 Å². The summed E-state index contributed by atoms with van der Waals surface area (Å²) < 4.78 is 2.21. The fraction of sp³-hybridized carbons (Fsp3) is 0.143. The first-order valence-electron chi connectivity index (χ1n) is 8.90. The third kappa shape index (κ3) is 2.90. The minimum absolute atomic E-state index is 0.0437. The number of phenols is 1. The second-order valence-electron chi connectivity index (χ2n) is 6.63. The van der Waals surface area contributed by atoms with Crippen LogP contribution in [-0.2, 0) is 6.42 Å². The average Bonchev–Trinajstić information content (AvgIpc) is 3.08. The lowest BCUT2D eigenvalue weighted by Gasteiger charge is -2.13. The molecule has 0 aliphatic heterocycles. The number of aromatic hydroxyl groups is 1. The van der Waals surface area contributed by atoms with Gasteiger partial charge in [-0.3, -0.25) is 9.67 Å². The van der Waals surface area contributed by atoms with Crippen molar-refractivity contribution in [2.24, 2.45) is 5.18 Å². The van der Waals surface area contributed by atoms with E-state index in [1.807, 2.05) is 44.2 Å². The minimum atomic E-state index is 0.0437. The van der Waals surface area contributed by atoms with Crippen LogP contribution in [0.4, 0.5) is 5.69 Å². The summed E-state index contributed by atoms with van der Waals surface area (Å²) >= 11 is 5.50. The summed E-state index contributed by atoms with van der Waals surface area (Å²) in [4.78, 5) is 11.4. The number of rotatable bonds is 4. The quantitative estimate of drug-likeness (QED) is 0.345. The molecule has 0 aliphatic carbocycles. The van der Waals surface area contributed by atoms with E-state index in [1.54, 1.807) is 10.6 Å². The molecule has 0 aliphatic rings. The van der Waals surface area contributed by atoms with Crippen LogP contribution >= 0.6 is 12.2 Å². The first-order chi connectivity index (χ1) is 13.5. The van der Waals surface area contributed by atoms with Crippen LogP contribution in [0.2, 0.25) is 0 Å². The minimum Gasteiger partial charge on any atom is -0.508 e. The predicted molar refractivity (Wildman–Crippen MR) is 113 cm³/mol. The number of benzene rings is 3. The molecule has 0 amide bonds. The summed E-state index contributed by atoms with van der Waals surface area (Å²) in [5.41, 5.74) is 3.35. The maximum absolute atomic E-state index is 11.4. The lowest BCUT2D eigenvalue weighted by Crippen LogP contribution is -2.00. The van der Waals surface area contributed by atoms with E-state index < -0.39 is 0 Å². The van der Waals surface area contributed by atoms with Crippen LogP contribution in [0.15, 0.2) is 53.7 Å². The summed E-state index contributed by atoms with van der Waals surface area (Å²) in [5.74, 6) is 0.518. The molecule has 4 aromatic rings. The number of nitroso groups, excluding NO2 is 1. The van der Waals surface area contributed by atoms with Crippen LogP contribution in [0.5, 0.6) is 5.75 Å². The molecule has 7 heteroatoms. The molecule has 0 fully saturated rings. The van der Waals surface area contributed by atoms with Gasteiger partial charge in [0.05, 0.1) is 5.69 Å². The fourth-order valence-corrected chi connectivity index (χ4v) is 3.67. The number of nitrogens with zero attached hydrogens (tertiary/aromatic N) is 3. The Hall–Kier alpha value is -3.32. The second kappa shape index (κ2) is 7.01. The normalized spacial score (nSPS) is 11.1. The van der Waals surface area contributed by atoms with Crippen LogP contribution in [0.1, 0.15) is 18.1 Å². The van der Waals surface area contributed by atoms with E-state index >= 15 is 0 Å². The van der Waals surface area contributed by atoms with Crippen molar-refractivity contribution in [2.75, 3.05) is 0 Å². The number of aromatic amines is 1. The zero-order valence-electron chi connectivity index (χ0n) is 15.4. The highest BCUT2D eigenvalue weighted by molar-refractivity contribution is 7.71. The Balaban J connectivity index is 2.04. The van der Waals surface area contributed by atoms with Crippen molar-refractivity contribution < 1.29 is 5.11 Å². The van der Waals surface area contributed by atoms with Crippen molar-refractivity contribution in [1.82, 2.24) is 14.8 Å². The van der Waals surface area contributed by atoms with Gasteiger partial charge >= 0.3 is 0 Å². The summed E-state index contributed by atoms with van der Waals surface area (Å²) in [6.07, 6.45) is 0.608. The SMILES string of the molecule is CCc1cc(-c2n[nH]c(=S)n2-c2cccc3cc(C)ccc23)c(N=O)cc1O. The molecule has 1 heterocycles. The third-order valence-corrected chi connectivity index (χ3v) is 5.12. The van der Waals surface area contributed by atoms with Crippen LogP contribution < -0.4 is 0 Å². The van der Waals surface area contributed by atoms with Gasteiger partial charge in [-0.25, -0.2) is 0 Å². The molecule has 2 N–H and O–H groups in total. The molecule has 0 atom stereocenters. The van der Waals surface area contributed by atoms with E-state index in [0.717, 1.165) is 16.5 Å². The van der Waals surface area contributed by atoms with Crippen molar-refractivity contribution in [1.29, 1.82) is 0 Å². The smallest absolute Gasteiger partial charge is 0.200 e. The Bertz CT molecular complexity index is 1270. The number of phenolic OH excluding ortho intramolecular Hbond substituents is 1. The zero-order chi connectivity index (χ0) is 19.8. The highest BCUT2D eigenvalue weighted by Crippen LogP contribution is 2.37. The van der Waals surface area contributed by atoms with Gasteiger partial charge in [-0.1, -0.05) is 42.8 Å². The van der Waals surface area contributed by atoms with E-state index in [1.165, 1.54) is 11.6 Å². The summed E-state index contributed by atoms with van der Waals surface area (Å²) in [6.45, 7) is 3.97. The van der Waals surface area contributed by atoms with E-state index in [4.69, 9.17) is 12.2 Å². The number of H-pyrrole nitrogens is 1. The van der Waals surface area contributed by atoms with E-state index in [2.05, 4.69) is 21.4 Å². The molecule has 0 bridgehead atoms. The number of aryl methyl sites for hydroxylation is 2. The first kappa shape index (κ1) is 18.1. The first-order valence-corrected chi connectivity index (χ1v) is 9.31. The van der Waals surface area contributed by atoms with Gasteiger partial charge in [-0.15, -0.1) is 4.91 Å². The van der Waals surface area contributed by atoms with Gasteiger partial charge in [-0.05, 0) is 53.8 Å². The van der Waals surface area contributed by atoms with Crippen molar-refractivity contribution in [3.8, 4) is 22.8 Å². The Kier molecular flexibility index (Phi) is 4.52. The third-order valence-electron chi connectivity index (χ3n) is 4.84. The molecule has 4 rings (SSSR count). The summed E-state index contributed by atoms with van der Waals surface area (Å²) in [6, 6.07) is 15.3. The summed E-state index contributed by atoms with van der Waals surface area (Å²) in [5, 5.41) is 22.5. The van der Waals surface area contributed by atoms with Crippen LogP contribution in [-0.4, -0.2) is 19.9 Å². The average molecular weight is 390 g/mol. The molecular weight excluding hydrogens is 372 g/mol. The highest BCUT2D eigenvalue weighted by Gasteiger charge is 2.19. The largest absolute Gasteiger partial charge is 0.508 e. The van der Waals surface area contributed by atoms with Gasteiger partial charge in [0.25, 0.3) is 0 Å². The Morgan fingerprint density at radius 3 is 2.79 bits per heavy atom. The molecule has 0 radical (unpaired) electrons. The van der Waals surface area contributed by atoms with E-state index in [9.17, 15) is 10.0 Å². The molecule has 28 heavy (non-hydrogen) atoms. The number of fused-ring (bicyclic) bond motifs is 1. The fourth-order valence-electron chi connectivity index (χ4n) is 3.44. The van der Waals surface area contributed by atoms with Gasteiger partial charge in [-0.2, -0.15) is 5.10 Å². The lowest BCUT2D eigenvalue weighted by molar-refractivity contribution is 0.469. The standard InChI is InChI=1S/C21H18N4O2S/c1-3-13-10-16(17(24-27)11-19(13)26)20-22-23-21(28)25(20)18-6-4-5-14-9-12(2)7-8-15(14)18/h4-11,26H,3H2,1-2H3,(H,23,28). The van der Waals surface area contributed by atoms with Gasteiger partial charge in [0.2, 0.25) is 0 Å². The Morgan fingerprint density at radius 2 is 2.04 bits per heavy atom. The Labute approximate surface area is 166 Å². The molecule has 1 aromatic heterocycles. The molecule has 140 valence electrons. The monoisotopic (exact) mass is 390 g/mol. The lowest BCUT2D eigenvalue weighted by atomic mass is 10.0. The number of hydrogen-bond donors (Lipinski definition) is 2. The highest BCUT2D eigenvalue weighted by atomic mass is 32.1. The molecular formula is C21H18N4O2S. The zero-order valence-corrected chi connectivity index (χ0v) is 16.2. The molecule has 6 nitrogen and oxygen atoms in total. The van der Waals surface area contributed by atoms with E-state index in [0.29, 0.717) is 28.1 Å². The van der Waals surface area contributed by atoms with Crippen molar-refractivity contribution in [3.63, 3.8) is 0 Å². The maximum Gasteiger partial charge on any atom is 0.200 e. The van der Waals surface area contributed by atoms with Gasteiger partial charge in [0.1, 0.15) is 11.4 Å². The molecule has 0 saturated heterocycles. The Morgan fingerprint density at radius 1 is 1.21 bits per heavy atom. The van der Waals surface area contributed by atoms with Crippen molar-refractivity contribution in [3.05, 3.63) is 69.3 Å². The van der Waals surface area contributed by atoms with Gasteiger partial charge in [0, 0.05) is 17.0 Å². The molecule has 0 spiro atoms. The van der Waals surface area contributed by atoms with Crippen molar-refractivity contribution >= 4 is 28.7 Å². The van der Waals surface area contributed by atoms with E-state index in [-0.39, 0.29) is 11.4 Å². The van der Waals surface area contributed by atoms with Crippen LogP contribution in [0, 0.1) is 16.6 Å². The summed E-state index contributed by atoms with van der Waals surface area (Å²) in [7, 11) is 0. The molecule has 0 unspecified atom stereocenters. The second-order valence-corrected chi connectivity index (χ2v) is 7.02. The number of hydrogen-bond acceptors (Lipinski definition) is 5. The molecule has 0 saturated carbocycles. The molecule has 3 aromatic carbocycles. The van der Waals surface area contributed by atoms with Gasteiger partial charge < -0.3 is 5.11 Å². The predicted octanol–water partition coefficient (Wildman–Crippen LogP) is 5.72. The van der Waals surface area contributed by atoms with Crippen LogP contribution in [0.3, 0.4) is 0 Å². The van der Waals surface area contributed by atoms with Crippen LogP contribution in [0.25, 0.3) is 27.8 Å². The van der Waals surface area contributed by atoms with Crippen molar-refractivity contribution in [2.45, 2.75) is 20.3 Å². The maximum atomic E-state index is 11.4. The number of aromatic nitrogens is 3.